The van der Waals surface area contributed by atoms with Crippen LogP contribution in [0.3, 0.4) is 0 Å². The molecule has 2 aromatic carbocycles. The van der Waals surface area contributed by atoms with Gasteiger partial charge in [0.25, 0.3) is 5.69 Å². The van der Waals surface area contributed by atoms with Gasteiger partial charge in [0.1, 0.15) is 0 Å². The third kappa shape index (κ3) is 3.75. The number of ether oxygens (including phenoxy) is 1. The van der Waals surface area contributed by atoms with Gasteiger partial charge in [-0.2, -0.15) is 0 Å². The molecule has 0 radical (unpaired) electrons. The lowest BCUT2D eigenvalue weighted by Gasteiger charge is -2.37. The predicted molar refractivity (Wildman–Crippen MR) is 111 cm³/mol. The van der Waals surface area contributed by atoms with Crippen LogP contribution in [-0.4, -0.2) is 17.5 Å². The molecule has 0 spiro atoms. The fourth-order valence-corrected chi connectivity index (χ4v) is 4.21. The van der Waals surface area contributed by atoms with E-state index >= 15 is 0 Å². The summed E-state index contributed by atoms with van der Waals surface area (Å²) in [4.78, 5) is 23.2. The van der Waals surface area contributed by atoms with E-state index in [2.05, 4.69) is 17.5 Å². The van der Waals surface area contributed by atoms with Gasteiger partial charge in [0.2, 0.25) is 0 Å². The molecule has 6 heteroatoms. The number of fused-ring (bicyclic) bond motifs is 3. The molecule has 1 aliphatic carbocycles. The molecular formula is C23H24N2O4. The maximum atomic E-state index is 12.4. The first-order valence-electron chi connectivity index (χ1n) is 9.92. The van der Waals surface area contributed by atoms with Crippen molar-refractivity contribution < 1.29 is 14.5 Å². The second-order valence-corrected chi connectivity index (χ2v) is 8.12. The Hall–Kier alpha value is -3.15. The van der Waals surface area contributed by atoms with Gasteiger partial charge in [0, 0.05) is 23.7 Å². The number of carbonyl (C=O) groups excluding carboxylic acids is 1. The molecule has 1 N–H and O–H groups in total. The molecule has 0 aromatic heterocycles. The van der Waals surface area contributed by atoms with Gasteiger partial charge in [-0.25, -0.2) is 4.79 Å². The molecule has 0 unspecified atom stereocenters. The van der Waals surface area contributed by atoms with E-state index in [4.69, 9.17) is 4.74 Å². The highest BCUT2D eigenvalue weighted by atomic mass is 16.6. The first-order chi connectivity index (χ1) is 13.9. The second kappa shape index (κ2) is 7.70. The van der Waals surface area contributed by atoms with E-state index in [1.807, 2.05) is 32.0 Å². The van der Waals surface area contributed by atoms with Gasteiger partial charge in [-0.05, 0) is 47.6 Å². The van der Waals surface area contributed by atoms with Crippen LogP contribution >= 0.6 is 0 Å². The van der Waals surface area contributed by atoms with Crippen LogP contribution in [-0.2, 0) is 4.74 Å². The first kappa shape index (κ1) is 19.2. The molecule has 2 aliphatic rings. The fourth-order valence-electron chi connectivity index (χ4n) is 4.21. The highest BCUT2D eigenvalue weighted by molar-refractivity contribution is 5.90. The second-order valence-electron chi connectivity index (χ2n) is 8.12. The molecule has 6 nitrogen and oxygen atoms in total. The molecular weight excluding hydrogens is 368 g/mol. The number of benzene rings is 2. The normalized spacial score (nSPS) is 22.0. The van der Waals surface area contributed by atoms with Gasteiger partial charge in [-0.1, -0.05) is 38.1 Å². The molecule has 29 heavy (non-hydrogen) atoms. The first-order valence-corrected chi connectivity index (χ1v) is 9.92. The van der Waals surface area contributed by atoms with Crippen LogP contribution in [0.15, 0.2) is 54.6 Å². The molecule has 1 heterocycles. The number of esters is 1. The van der Waals surface area contributed by atoms with Crippen molar-refractivity contribution in [3.63, 3.8) is 0 Å². The van der Waals surface area contributed by atoms with E-state index in [1.165, 1.54) is 6.07 Å². The van der Waals surface area contributed by atoms with Crippen molar-refractivity contribution in [1.82, 2.24) is 0 Å². The largest absolute Gasteiger partial charge is 0.462 e. The van der Waals surface area contributed by atoms with Crippen LogP contribution in [0.4, 0.5) is 11.4 Å². The van der Waals surface area contributed by atoms with E-state index in [1.54, 1.807) is 18.2 Å². The number of nitro groups is 1. The number of anilines is 1. The highest BCUT2D eigenvalue weighted by Gasteiger charge is 2.38. The quantitative estimate of drug-likeness (QED) is 0.326. The Morgan fingerprint density at radius 3 is 2.86 bits per heavy atom. The van der Waals surface area contributed by atoms with E-state index in [-0.39, 0.29) is 40.4 Å². The molecule has 0 saturated heterocycles. The lowest BCUT2D eigenvalue weighted by molar-refractivity contribution is -0.384. The summed E-state index contributed by atoms with van der Waals surface area (Å²) in [6.07, 6.45) is 5.21. The van der Waals surface area contributed by atoms with Gasteiger partial charge in [-0.15, -0.1) is 0 Å². The molecule has 0 bridgehead atoms. The fraction of sp³-hybridized carbons (Fsp3) is 0.348. The van der Waals surface area contributed by atoms with Crippen LogP contribution in [0.2, 0.25) is 0 Å². The minimum absolute atomic E-state index is 0.0267. The van der Waals surface area contributed by atoms with Crippen molar-refractivity contribution in [3.05, 3.63) is 81.4 Å². The number of nitrogens with one attached hydrogen (secondary N) is 1. The van der Waals surface area contributed by atoms with Crippen molar-refractivity contribution in [2.45, 2.75) is 32.2 Å². The zero-order chi connectivity index (χ0) is 20.5. The summed E-state index contributed by atoms with van der Waals surface area (Å²) in [6.45, 7) is 4.41. The lowest BCUT2D eigenvalue weighted by atomic mass is 9.76. The molecule has 4 rings (SSSR count). The molecule has 0 amide bonds. The number of non-ortho nitro benzene ring substituents is 1. The third-order valence-corrected chi connectivity index (χ3v) is 5.59. The monoisotopic (exact) mass is 392 g/mol. The Labute approximate surface area is 169 Å². The van der Waals surface area contributed by atoms with Crippen LogP contribution in [0.1, 0.15) is 53.7 Å². The van der Waals surface area contributed by atoms with Gasteiger partial charge < -0.3 is 10.1 Å². The van der Waals surface area contributed by atoms with Crippen LogP contribution < -0.4 is 5.32 Å². The molecule has 0 saturated carbocycles. The number of rotatable bonds is 5. The Bertz CT molecular complexity index is 983. The van der Waals surface area contributed by atoms with Crippen LogP contribution in [0, 0.1) is 22.0 Å². The van der Waals surface area contributed by atoms with Crippen molar-refractivity contribution >= 4 is 17.3 Å². The Morgan fingerprint density at radius 1 is 1.28 bits per heavy atom. The Kier molecular flexibility index (Phi) is 5.09. The van der Waals surface area contributed by atoms with Crippen molar-refractivity contribution in [1.29, 1.82) is 0 Å². The highest BCUT2D eigenvalue weighted by Crippen LogP contribution is 2.50. The Balaban J connectivity index is 1.65. The smallest absolute Gasteiger partial charge is 0.338 e. The SMILES string of the molecule is CC(C)COC(=O)c1ccc2c(c1)[C@H]1C=CC[C@H]1[C@@H](c1cccc([N+](=O)[O-])c1)N2. The van der Waals surface area contributed by atoms with Gasteiger partial charge in [0.05, 0.1) is 23.1 Å². The van der Waals surface area contributed by atoms with E-state index in [9.17, 15) is 14.9 Å². The number of hydrogen-bond acceptors (Lipinski definition) is 5. The summed E-state index contributed by atoms with van der Waals surface area (Å²) in [5.74, 6) is 0.386. The molecule has 3 atom stereocenters. The number of nitro benzene ring substituents is 1. The van der Waals surface area contributed by atoms with Crippen molar-refractivity contribution in [2.75, 3.05) is 11.9 Å². The summed E-state index contributed by atoms with van der Waals surface area (Å²) in [7, 11) is 0. The third-order valence-electron chi connectivity index (χ3n) is 5.59. The maximum Gasteiger partial charge on any atom is 0.338 e. The zero-order valence-corrected chi connectivity index (χ0v) is 16.5. The molecule has 0 fully saturated rings. The average Bonchev–Trinajstić information content (AvgIpc) is 3.21. The standard InChI is InChI=1S/C23H24N2O4/c1-14(2)13-29-23(26)16-9-10-21-20(12-16)18-7-4-8-19(18)22(24-21)15-5-3-6-17(11-15)25(27)28/h3-7,9-12,14,18-19,22,24H,8,13H2,1-2H3/t18-,19+,22+/m0/s1. The molecule has 150 valence electrons. The molecule has 2 aromatic rings. The Morgan fingerprint density at radius 2 is 2.10 bits per heavy atom. The van der Waals surface area contributed by atoms with Gasteiger partial charge >= 0.3 is 5.97 Å². The minimum Gasteiger partial charge on any atom is -0.462 e. The average molecular weight is 392 g/mol. The zero-order valence-electron chi connectivity index (χ0n) is 16.5. The van der Waals surface area contributed by atoms with Crippen molar-refractivity contribution in [3.8, 4) is 0 Å². The number of allylic oxidation sites excluding steroid dienone is 2. The van der Waals surface area contributed by atoms with Crippen molar-refractivity contribution in [2.24, 2.45) is 11.8 Å². The number of carbonyl (C=O) groups is 1. The molecule has 1 aliphatic heterocycles. The summed E-state index contributed by atoms with van der Waals surface area (Å²) >= 11 is 0. The topological polar surface area (TPSA) is 81.5 Å². The van der Waals surface area contributed by atoms with E-state index in [0.29, 0.717) is 12.2 Å². The van der Waals surface area contributed by atoms with Gasteiger partial charge in [0.15, 0.2) is 0 Å². The summed E-state index contributed by atoms with van der Waals surface area (Å²) in [5.41, 5.74) is 3.59. The van der Waals surface area contributed by atoms with Gasteiger partial charge in [-0.3, -0.25) is 10.1 Å². The predicted octanol–water partition coefficient (Wildman–Crippen LogP) is 5.23. The maximum absolute atomic E-state index is 12.4. The summed E-state index contributed by atoms with van der Waals surface area (Å²) < 4.78 is 5.38. The lowest BCUT2D eigenvalue weighted by Crippen LogP contribution is -2.29. The number of hydrogen-bond donors (Lipinski definition) is 1. The summed E-state index contributed by atoms with van der Waals surface area (Å²) in [5, 5.41) is 14.7. The van der Waals surface area contributed by atoms with Crippen LogP contribution in [0.25, 0.3) is 0 Å². The minimum atomic E-state index is -0.361. The van der Waals surface area contributed by atoms with Crippen LogP contribution in [0.5, 0.6) is 0 Å². The van der Waals surface area contributed by atoms with E-state index in [0.717, 1.165) is 23.2 Å². The summed E-state index contributed by atoms with van der Waals surface area (Å²) in [6, 6.07) is 12.4. The number of nitrogens with zero attached hydrogens (tertiary/aromatic N) is 1. The van der Waals surface area contributed by atoms with E-state index < -0.39 is 0 Å².